The Bertz CT molecular complexity index is 258. The molecule has 0 radical (unpaired) electrons. The number of carbonyl (C=O) groups excluding carboxylic acids is 1. The van der Waals surface area contributed by atoms with Crippen LogP contribution in [0.15, 0.2) is 0 Å². The van der Waals surface area contributed by atoms with Gasteiger partial charge in [-0.15, -0.1) is 0 Å². The Kier molecular flexibility index (Phi) is 8.07. The molecule has 1 amide bonds. The maximum absolute atomic E-state index is 12.2. The van der Waals surface area contributed by atoms with Crippen LogP contribution in [-0.4, -0.2) is 55.0 Å². The lowest BCUT2D eigenvalue weighted by molar-refractivity contribution is -0.134. The van der Waals surface area contributed by atoms with Gasteiger partial charge < -0.3 is 15.5 Å². The van der Waals surface area contributed by atoms with E-state index in [9.17, 15) is 4.79 Å². The molecule has 112 valence electrons. The second kappa shape index (κ2) is 9.32. The number of nitrogens with zero attached hydrogens (tertiary/aromatic N) is 2. The molecule has 0 spiro atoms. The quantitative estimate of drug-likeness (QED) is 0.716. The summed E-state index contributed by atoms with van der Waals surface area (Å²) in [6, 6.07) is 0. The number of unbranched alkanes of at least 4 members (excludes halogenated alkanes) is 2. The predicted octanol–water partition coefficient (Wildman–Crippen LogP) is 1.70. The summed E-state index contributed by atoms with van der Waals surface area (Å²) in [5, 5.41) is 0. The highest BCUT2D eigenvalue weighted by Gasteiger charge is 2.21. The van der Waals surface area contributed by atoms with Crippen LogP contribution in [-0.2, 0) is 4.79 Å². The molecule has 1 unspecified atom stereocenters. The van der Waals surface area contributed by atoms with Gasteiger partial charge >= 0.3 is 0 Å². The molecule has 4 heteroatoms. The molecular weight excluding hydrogens is 238 g/mol. The molecule has 0 aromatic heterocycles. The smallest absolute Gasteiger partial charge is 0.225 e. The maximum Gasteiger partial charge on any atom is 0.225 e. The first kappa shape index (κ1) is 16.4. The molecule has 0 saturated carbocycles. The third-order valence-electron chi connectivity index (χ3n) is 4.11. The van der Waals surface area contributed by atoms with Crippen molar-refractivity contribution in [1.29, 1.82) is 0 Å². The summed E-state index contributed by atoms with van der Waals surface area (Å²) in [7, 11) is 0. The zero-order valence-electron chi connectivity index (χ0n) is 12.7. The van der Waals surface area contributed by atoms with Gasteiger partial charge in [-0.1, -0.05) is 20.3 Å². The first-order valence-corrected chi connectivity index (χ1v) is 7.90. The van der Waals surface area contributed by atoms with Crippen molar-refractivity contribution in [2.24, 2.45) is 11.7 Å². The van der Waals surface area contributed by atoms with Crippen molar-refractivity contribution < 1.29 is 4.79 Å². The van der Waals surface area contributed by atoms with Crippen LogP contribution in [0.1, 0.15) is 46.0 Å². The number of amides is 1. The summed E-state index contributed by atoms with van der Waals surface area (Å²) >= 11 is 0. The Morgan fingerprint density at radius 1 is 1.16 bits per heavy atom. The average Bonchev–Trinajstić information content (AvgIpc) is 2.67. The second-order valence-corrected chi connectivity index (χ2v) is 5.68. The van der Waals surface area contributed by atoms with Gasteiger partial charge in [0, 0.05) is 25.6 Å². The van der Waals surface area contributed by atoms with E-state index in [0.29, 0.717) is 5.91 Å². The van der Waals surface area contributed by atoms with Crippen molar-refractivity contribution >= 4 is 5.91 Å². The Balaban J connectivity index is 2.29. The van der Waals surface area contributed by atoms with Crippen LogP contribution in [0.25, 0.3) is 0 Å². The number of carbonyl (C=O) groups is 1. The SMILES string of the molecule is CCC(C)C(=O)N1CCCN(CCCCCN)CC1. The van der Waals surface area contributed by atoms with Gasteiger partial charge in [0.25, 0.3) is 0 Å². The van der Waals surface area contributed by atoms with E-state index in [4.69, 9.17) is 5.73 Å². The summed E-state index contributed by atoms with van der Waals surface area (Å²) in [5.41, 5.74) is 5.51. The summed E-state index contributed by atoms with van der Waals surface area (Å²) in [5.74, 6) is 0.517. The van der Waals surface area contributed by atoms with Crippen LogP contribution >= 0.6 is 0 Å². The van der Waals surface area contributed by atoms with E-state index in [0.717, 1.165) is 58.5 Å². The maximum atomic E-state index is 12.2. The summed E-state index contributed by atoms with van der Waals surface area (Å²) in [4.78, 5) is 16.7. The Morgan fingerprint density at radius 3 is 2.63 bits per heavy atom. The summed E-state index contributed by atoms with van der Waals surface area (Å²) < 4.78 is 0. The fourth-order valence-corrected chi connectivity index (χ4v) is 2.56. The van der Waals surface area contributed by atoms with Crippen LogP contribution < -0.4 is 5.73 Å². The Labute approximate surface area is 118 Å². The van der Waals surface area contributed by atoms with Crippen molar-refractivity contribution in [1.82, 2.24) is 9.80 Å². The molecule has 19 heavy (non-hydrogen) atoms. The third kappa shape index (κ3) is 5.91. The van der Waals surface area contributed by atoms with E-state index in [2.05, 4.69) is 16.7 Å². The van der Waals surface area contributed by atoms with Crippen LogP contribution in [0.2, 0.25) is 0 Å². The Hall–Kier alpha value is -0.610. The average molecular weight is 269 g/mol. The van der Waals surface area contributed by atoms with Gasteiger partial charge in [0.15, 0.2) is 0 Å². The predicted molar refractivity (Wildman–Crippen MR) is 80.0 cm³/mol. The molecule has 0 aromatic rings. The first-order valence-electron chi connectivity index (χ1n) is 7.90. The normalized spacial score (nSPS) is 19.2. The molecule has 1 aliphatic rings. The van der Waals surface area contributed by atoms with E-state index >= 15 is 0 Å². The lowest BCUT2D eigenvalue weighted by atomic mass is 10.1. The highest BCUT2D eigenvalue weighted by molar-refractivity contribution is 5.78. The monoisotopic (exact) mass is 269 g/mol. The number of nitrogens with two attached hydrogens (primary N) is 1. The van der Waals surface area contributed by atoms with Crippen LogP contribution in [0.5, 0.6) is 0 Å². The minimum absolute atomic E-state index is 0.177. The van der Waals surface area contributed by atoms with E-state index in [1.165, 1.54) is 12.8 Å². The fourth-order valence-electron chi connectivity index (χ4n) is 2.56. The summed E-state index contributed by atoms with van der Waals surface area (Å²) in [6.07, 6.45) is 5.64. The van der Waals surface area contributed by atoms with E-state index < -0.39 is 0 Å². The number of rotatable bonds is 7. The van der Waals surface area contributed by atoms with Gasteiger partial charge in [0.05, 0.1) is 0 Å². The Morgan fingerprint density at radius 2 is 1.95 bits per heavy atom. The molecule has 1 aliphatic heterocycles. The first-order chi connectivity index (χ1) is 9.19. The molecule has 1 rings (SSSR count). The zero-order chi connectivity index (χ0) is 14.1. The van der Waals surface area contributed by atoms with Crippen LogP contribution in [0.4, 0.5) is 0 Å². The molecule has 1 fully saturated rings. The minimum atomic E-state index is 0.177. The van der Waals surface area contributed by atoms with Crippen molar-refractivity contribution in [3.05, 3.63) is 0 Å². The van der Waals surface area contributed by atoms with Crippen molar-refractivity contribution in [2.45, 2.75) is 46.0 Å². The molecule has 0 aromatic carbocycles. The zero-order valence-corrected chi connectivity index (χ0v) is 12.7. The summed E-state index contributed by atoms with van der Waals surface area (Å²) in [6.45, 7) is 10.1. The van der Waals surface area contributed by atoms with Gasteiger partial charge in [-0.3, -0.25) is 4.79 Å². The fraction of sp³-hybridized carbons (Fsp3) is 0.933. The lowest BCUT2D eigenvalue weighted by Crippen LogP contribution is -2.38. The van der Waals surface area contributed by atoms with E-state index in [1.807, 2.05) is 6.92 Å². The number of hydrogen-bond acceptors (Lipinski definition) is 3. The second-order valence-electron chi connectivity index (χ2n) is 5.68. The van der Waals surface area contributed by atoms with Gasteiger partial charge in [0.1, 0.15) is 0 Å². The standard InChI is InChI=1S/C15H31N3O/c1-3-14(2)15(19)18-11-7-10-17(12-13-18)9-6-4-5-8-16/h14H,3-13,16H2,1-2H3. The molecule has 1 heterocycles. The molecule has 0 aliphatic carbocycles. The highest BCUT2D eigenvalue weighted by atomic mass is 16.2. The molecule has 0 bridgehead atoms. The van der Waals surface area contributed by atoms with Crippen molar-refractivity contribution in [3.63, 3.8) is 0 Å². The van der Waals surface area contributed by atoms with Crippen molar-refractivity contribution in [3.8, 4) is 0 Å². The minimum Gasteiger partial charge on any atom is -0.341 e. The molecule has 1 saturated heterocycles. The topological polar surface area (TPSA) is 49.6 Å². The van der Waals surface area contributed by atoms with Gasteiger partial charge in [0.2, 0.25) is 5.91 Å². The van der Waals surface area contributed by atoms with Crippen LogP contribution in [0.3, 0.4) is 0 Å². The lowest BCUT2D eigenvalue weighted by Gasteiger charge is -2.24. The largest absolute Gasteiger partial charge is 0.341 e. The van der Waals surface area contributed by atoms with Crippen molar-refractivity contribution in [2.75, 3.05) is 39.3 Å². The van der Waals surface area contributed by atoms with E-state index in [-0.39, 0.29) is 5.92 Å². The molecule has 4 nitrogen and oxygen atoms in total. The molecule has 1 atom stereocenters. The van der Waals surface area contributed by atoms with Crippen LogP contribution in [0, 0.1) is 5.92 Å². The van der Waals surface area contributed by atoms with Gasteiger partial charge in [-0.2, -0.15) is 0 Å². The van der Waals surface area contributed by atoms with Gasteiger partial charge in [-0.25, -0.2) is 0 Å². The highest BCUT2D eigenvalue weighted by Crippen LogP contribution is 2.11. The van der Waals surface area contributed by atoms with E-state index in [1.54, 1.807) is 0 Å². The molecule has 2 N–H and O–H groups in total. The third-order valence-corrected chi connectivity index (χ3v) is 4.11. The molecular formula is C15H31N3O. The number of hydrogen-bond donors (Lipinski definition) is 1. The van der Waals surface area contributed by atoms with Gasteiger partial charge in [-0.05, 0) is 45.3 Å².